The number of thiazole rings is 1. The molecular weight excluding hydrogens is 246 g/mol. The summed E-state index contributed by atoms with van der Waals surface area (Å²) in [6.07, 6.45) is 3.80. The van der Waals surface area contributed by atoms with E-state index in [1.807, 2.05) is 5.38 Å². The molecule has 1 fully saturated rings. The van der Waals surface area contributed by atoms with Gasteiger partial charge in [0.25, 0.3) is 0 Å². The average molecular weight is 267 g/mol. The van der Waals surface area contributed by atoms with Crippen molar-refractivity contribution in [3.05, 3.63) is 11.1 Å². The molecule has 100 valence electrons. The highest BCUT2D eigenvalue weighted by molar-refractivity contribution is 7.13. The second kappa shape index (κ2) is 5.69. The Balaban J connectivity index is 1.83. The number of amides is 1. The maximum Gasteiger partial charge on any atom is 0.226 e. The smallest absolute Gasteiger partial charge is 0.226 e. The van der Waals surface area contributed by atoms with Gasteiger partial charge in [0.2, 0.25) is 5.91 Å². The van der Waals surface area contributed by atoms with Crippen molar-refractivity contribution in [3.8, 4) is 0 Å². The van der Waals surface area contributed by atoms with Gasteiger partial charge in [0.1, 0.15) is 0 Å². The van der Waals surface area contributed by atoms with Crippen LogP contribution >= 0.6 is 11.3 Å². The summed E-state index contributed by atoms with van der Waals surface area (Å²) < 4.78 is 0. The zero-order chi connectivity index (χ0) is 13.1. The van der Waals surface area contributed by atoms with E-state index in [4.69, 9.17) is 5.73 Å². The lowest BCUT2D eigenvalue weighted by Crippen LogP contribution is -2.40. The molecule has 18 heavy (non-hydrogen) atoms. The third kappa shape index (κ3) is 3.70. The van der Waals surface area contributed by atoms with Crippen LogP contribution in [0, 0.1) is 11.8 Å². The van der Waals surface area contributed by atoms with E-state index in [0.717, 1.165) is 18.5 Å². The van der Waals surface area contributed by atoms with Gasteiger partial charge < -0.3 is 11.1 Å². The predicted molar refractivity (Wildman–Crippen MR) is 74.3 cm³/mol. The summed E-state index contributed by atoms with van der Waals surface area (Å²) >= 11 is 1.38. The second-order valence-electron chi connectivity index (χ2n) is 5.54. The van der Waals surface area contributed by atoms with Crippen molar-refractivity contribution in [2.45, 2.75) is 45.6 Å². The fraction of sp³-hybridized carbons (Fsp3) is 0.692. The van der Waals surface area contributed by atoms with Crippen molar-refractivity contribution in [3.63, 3.8) is 0 Å². The van der Waals surface area contributed by atoms with Gasteiger partial charge in [-0.3, -0.25) is 4.79 Å². The number of rotatable bonds is 3. The Morgan fingerprint density at radius 2 is 2.11 bits per heavy atom. The van der Waals surface area contributed by atoms with Crippen LogP contribution in [0.5, 0.6) is 0 Å². The SMILES string of the molecule is CC1CC(C)CC(NC(=O)Cc2csc(N)n2)C1. The van der Waals surface area contributed by atoms with E-state index in [0.29, 0.717) is 29.4 Å². The van der Waals surface area contributed by atoms with Crippen LogP contribution < -0.4 is 11.1 Å². The molecule has 0 aliphatic heterocycles. The van der Waals surface area contributed by atoms with Crippen LogP contribution in [0.2, 0.25) is 0 Å². The number of carbonyl (C=O) groups is 1. The van der Waals surface area contributed by atoms with Crippen molar-refractivity contribution in [2.24, 2.45) is 11.8 Å². The van der Waals surface area contributed by atoms with Crippen LogP contribution in [-0.2, 0) is 11.2 Å². The molecule has 2 unspecified atom stereocenters. The summed E-state index contributed by atoms with van der Waals surface area (Å²) in [4.78, 5) is 16.0. The molecule has 0 radical (unpaired) electrons. The van der Waals surface area contributed by atoms with E-state index >= 15 is 0 Å². The van der Waals surface area contributed by atoms with Crippen molar-refractivity contribution >= 4 is 22.4 Å². The molecule has 1 aliphatic rings. The first-order valence-electron chi connectivity index (χ1n) is 6.52. The molecule has 0 saturated heterocycles. The van der Waals surface area contributed by atoms with Crippen LogP contribution in [0.15, 0.2) is 5.38 Å². The third-order valence-electron chi connectivity index (χ3n) is 3.45. The van der Waals surface area contributed by atoms with Crippen LogP contribution in [0.4, 0.5) is 5.13 Å². The van der Waals surface area contributed by atoms with E-state index in [1.165, 1.54) is 17.8 Å². The number of carbonyl (C=O) groups excluding carboxylic acids is 1. The first kappa shape index (κ1) is 13.3. The number of hydrogen-bond acceptors (Lipinski definition) is 4. The topological polar surface area (TPSA) is 68.0 Å². The second-order valence-corrected chi connectivity index (χ2v) is 6.43. The number of anilines is 1. The Morgan fingerprint density at radius 1 is 1.44 bits per heavy atom. The number of nitrogens with two attached hydrogens (primary N) is 1. The molecule has 5 heteroatoms. The van der Waals surface area contributed by atoms with E-state index < -0.39 is 0 Å². The highest BCUT2D eigenvalue weighted by atomic mass is 32.1. The minimum Gasteiger partial charge on any atom is -0.375 e. The monoisotopic (exact) mass is 267 g/mol. The standard InChI is InChI=1S/C13H21N3OS/c1-8-3-9(2)5-10(4-8)15-12(17)6-11-7-18-13(14)16-11/h7-10H,3-6H2,1-2H3,(H2,14,16)(H,15,17). The lowest BCUT2D eigenvalue weighted by molar-refractivity contribution is -0.121. The molecule has 2 rings (SSSR count). The lowest BCUT2D eigenvalue weighted by atomic mass is 9.80. The van der Waals surface area contributed by atoms with Gasteiger partial charge in [-0.05, 0) is 31.1 Å². The van der Waals surface area contributed by atoms with Crippen LogP contribution in [0.25, 0.3) is 0 Å². The molecule has 1 aliphatic carbocycles. The minimum absolute atomic E-state index is 0.0617. The van der Waals surface area contributed by atoms with E-state index in [2.05, 4.69) is 24.1 Å². The largest absolute Gasteiger partial charge is 0.375 e. The van der Waals surface area contributed by atoms with Gasteiger partial charge in [0, 0.05) is 11.4 Å². The summed E-state index contributed by atoms with van der Waals surface area (Å²) in [5.41, 5.74) is 6.32. The Kier molecular flexibility index (Phi) is 4.22. The molecule has 1 saturated carbocycles. The molecular formula is C13H21N3OS. The molecule has 1 heterocycles. The number of nitrogens with zero attached hydrogens (tertiary/aromatic N) is 1. The summed E-state index contributed by atoms with van der Waals surface area (Å²) in [5, 5.41) is 5.50. The van der Waals surface area contributed by atoms with Gasteiger partial charge in [-0.2, -0.15) is 0 Å². The number of nitrogens with one attached hydrogen (secondary N) is 1. The van der Waals surface area contributed by atoms with Crippen LogP contribution in [0.1, 0.15) is 38.8 Å². The first-order chi connectivity index (χ1) is 8.52. The zero-order valence-electron chi connectivity index (χ0n) is 11.0. The van der Waals surface area contributed by atoms with Gasteiger partial charge in [-0.1, -0.05) is 13.8 Å². The van der Waals surface area contributed by atoms with Gasteiger partial charge in [0.15, 0.2) is 5.13 Å². The van der Waals surface area contributed by atoms with Crippen molar-refractivity contribution in [1.29, 1.82) is 0 Å². The van der Waals surface area contributed by atoms with E-state index in [9.17, 15) is 4.79 Å². The fourth-order valence-electron chi connectivity index (χ4n) is 2.91. The highest BCUT2D eigenvalue weighted by Gasteiger charge is 2.25. The molecule has 0 bridgehead atoms. The third-order valence-corrected chi connectivity index (χ3v) is 4.18. The van der Waals surface area contributed by atoms with E-state index in [1.54, 1.807) is 0 Å². The minimum atomic E-state index is 0.0617. The Hall–Kier alpha value is -1.10. The number of aromatic nitrogens is 1. The fourth-order valence-corrected chi connectivity index (χ4v) is 3.47. The molecule has 1 aromatic rings. The summed E-state index contributed by atoms with van der Waals surface area (Å²) in [7, 11) is 0. The Labute approximate surface area is 112 Å². The number of hydrogen-bond donors (Lipinski definition) is 2. The summed E-state index contributed by atoms with van der Waals surface area (Å²) in [5.74, 6) is 1.47. The number of nitrogen functional groups attached to an aromatic ring is 1. The van der Waals surface area contributed by atoms with Gasteiger partial charge in [-0.15, -0.1) is 11.3 Å². The predicted octanol–water partition coefficient (Wildman–Crippen LogP) is 2.21. The highest BCUT2D eigenvalue weighted by Crippen LogP contribution is 2.28. The van der Waals surface area contributed by atoms with Gasteiger partial charge >= 0.3 is 0 Å². The van der Waals surface area contributed by atoms with Crippen molar-refractivity contribution in [2.75, 3.05) is 5.73 Å². The quantitative estimate of drug-likeness (QED) is 0.882. The molecule has 0 spiro atoms. The molecule has 1 aromatic heterocycles. The lowest BCUT2D eigenvalue weighted by Gasteiger charge is -2.31. The maximum absolute atomic E-state index is 11.9. The van der Waals surface area contributed by atoms with Crippen LogP contribution in [-0.4, -0.2) is 16.9 Å². The van der Waals surface area contributed by atoms with Gasteiger partial charge in [-0.25, -0.2) is 4.98 Å². The molecule has 1 amide bonds. The maximum atomic E-state index is 11.9. The summed E-state index contributed by atoms with van der Waals surface area (Å²) in [6, 6.07) is 0.326. The average Bonchev–Trinajstić information content (AvgIpc) is 2.61. The Bertz CT molecular complexity index is 408. The molecule has 2 atom stereocenters. The Morgan fingerprint density at radius 3 is 2.67 bits per heavy atom. The molecule has 4 nitrogen and oxygen atoms in total. The van der Waals surface area contributed by atoms with Gasteiger partial charge in [0.05, 0.1) is 12.1 Å². The normalized spacial score (nSPS) is 28.0. The molecule has 3 N–H and O–H groups in total. The van der Waals surface area contributed by atoms with Crippen LogP contribution in [0.3, 0.4) is 0 Å². The summed E-state index contributed by atoms with van der Waals surface area (Å²) in [6.45, 7) is 4.52. The van der Waals surface area contributed by atoms with Crippen molar-refractivity contribution < 1.29 is 4.79 Å². The zero-order valence-corrected chi connectivity index (χ0v) is 11.8. The van der Waals surface area contributed by atoms with Crippen molar-refractivity contribution in [1.82, 2.24) is 10.3 Å². The van der Waals surface area contributed by atoms with E-state index in [-0.39, 0.29) is 5.91 Å². The molecule has 0 aromatic carbocycles. The first-order valence-corrected chi connectivity index (χ1v) is 7.40.